The molecule has 1 aliphatic carbocycles. The van der Waals surface area contributed by atoms with E-state index >= 15 is 0 Å². The predicted molar refractivity (Wildman–Crippen MR) is 106 cm³/mol. The number of benzene rings is 1. The van der Waals surface area contributed by atoms with Crippen molar-refractivity contribution in [2.24, 2.45) is 0 Å². The molecule has 148 valence electrons. The molecule has 1 unspecified atom stereocenters. The molecule has 1 atom stereocenters. The van der Waals surface area contributed by atoms with Crippen molar-refractivity contribution in [2.45, 2.75) is 51.2 Å². The van der Waals surface area contributed by atoms with Crippen LogP contribution in [-0.4, -0.2) is 60.6 Å². The van der Waals surface area contributed by atoms with Gasteiger partial charge in [-0.05, 0) is 38.0 Å². The molecular formula is C20H28ClN3O3. The number of hydrogen-bond donors (Lipinski definition) is 1. The summed E-state index contributed by atoms with van der Waals surface area (Å²) in [5, 5.41) is 3.21. The number of halogens is 1. The summed E-state index contributed by atoms with van der Waals surface area (Å²) in [6, 6.07) is 5.17. The lowest BCUT2D eigenvalue weighted by Gasteiger charge is -2.32. The summed E-state index contributed by atoms with van der Waals surface area (Å²) in [7, 11) is 1.85. The highest BCUT2D eigenvalue weighted by atomic mass is 35.5. The Kier molecular flexibility index (Phi) is 6.60. The Morgan fingerprint density at radius 2 is 2.00 bits per heavy atom. The van der Waals surface area contributed by atoms with Gasteiger partial charge in [0.15, 0.2) is 0 Å². The Morgan fingerprint density at radius 3 is 2.67 bits per heavy atom. The first-order valence-corrected chi connectivity index (χ1v) is 10.1. The third-order valence-corrected chi connectivity index (χ3v) is 5.73. The third kappa shape index (κ3) is 4.93. The second-order valence-corrected chi connectivity index (χ2v) is 7.87. The van der Waals surface area contributed by atoms with Crippen LogP contribution in [0.3, 0.4) is 0 Å². The number of carbonyl (C=O) groups excluding carboxylic acids is 2. The number of carbonyl (C=O) groups is 2. The quantitative estimate of drug-likeness (QED) is 0.844. The van der Waals surface area contributed by atoms with Gasteiger partial charge in [-0.2, -0.15) is 0 Å². The van der Waals surface area contributed by atoms with E-state index in [4.69, 9.17) is 16.3 Å². The van der Waals surface area contributed by atoms with Crippen LogP contribution in [0.5, 0.6) is 0 Å². The monoisotopic (exact) mass is 393 g/mol. The maximum atomic E-state index is 12.8. The molecule has 7 heteroatoms. The van der Waals surface area contributed by atoms with Gasteiger partial charge in [-0.3, -0.25) is 4.79 Å². The highest BCUT2D eigenvalue weighted by Gasteiger charge is 2.25. The number of nitrogens with one attached hydrogen (secondary N) is 1. The Bertz CT molecular complexity index is 691. The normalized spacial score (nSPS) is 21.0. The van der Waals surface area contributed by atoms with Crippen molar-refractivity contribution in [3.05, 3.63) is 28.8 Å². The van der Waals surface area contributed by atoms with E-state index in [1.807, 2.05) is 18.9 Å². The lowest BCUT2D eigenvalue weighted by atomic mass is 9.94. The molecule has 1 heterocycles. The summed E-state index contributed by atoms with van der Waals surface area (Å²) >= 11 is 6.37. The van der Waals surface area contributed by atoms with Crippen LogP contribution in [0.2, 0.25) is 5.02 Å². The Morgan fingerprint density at radius 1 is 1.26 bits per heavy atom. The van der Waals surface area contributed by atoms with E-state index in [-0.39, 0.29) is 24.1 Å². The molecule has 0 radical (unpaired) electrons. The first kappa shape index (κ1) is 20.0. The van der Waals surface area contributed by atoms with Gasteiger partial charge in [-0.25, -0.2) is 4.79 Å². The molecule has 1 aliphatic heterocycles. The average molecular weight is 394 g/mol. The van der Waals surface area contributed by atoms with E-state index in [0.29, 0.717) is 36.0 Å². The number of anilines is 1. The zero-order valence-electron chi connectivity index (χ0n) is 16.0. The van der Waals surface area contributed by atoms with Crippen LogP contribution in [0.25, 0.3) is 0 Å². The summed E-state index contributed by atoms with van der Waals surface area (Å²) in [5.74, 6) is -0.0632. The molecule has 1 N–H and O–H groups in total. The molecule has 6 nitrogen and oxygen atoms in total. The van der Waals surface area contributed by atoms with Crippen molar-refractivity contribution < 1.29 is 14.3 Å². The van der Waals surface area contributed by atoms with Crippen molar-refractivity contribution in [2.75, 3.05) is 32.1 Å². The number of urea groups is 1. The maximum Gasteiger partial charge on any atom is 0.322 e. The zero-order valence-corrected chi connectivity index (χ0v) is 16.8. The molecular weight excluding hydrogens is 366 g/mol. The van der Waals surface area contributed by atoms with Crippen molar-refractivity contribution in [1.82, 2.24) is 9.80 Å². The van der Waals surface area contributed by atoms with Crippen LogP contribution < -0.4 is 5.32 Å². The van der Waals surface area contributed by atoms with Gasteiger partial charge in [0.2, 0.25) is 0 Å². The van der Waals surface area contributed by atoms with Crippen molar-refractivity contribution >= 4 is 29.2 Å². The molecule has 1 saturated heterocycles. The Balaban J connectivity index is 1.64. The van der Waals surface area contributed by atoms with Crippen molar-refractivity contribution in [1.29, 1.82) is 0 Å². The Labute approximate surface area is 165 Å². The maximum absolute atomic E-state index is 12.8. The summed E-state index contributed by atoms with van der Waals surface area (Å²) in [5.41, 5.74) is 1.06. The number of rotatable bonds is 3. The topological polar surface area (TPSA) is 61.9 Å². The number of amides is 3. The largest absolute Gasteiger partial charge is 0.375 e. The van der Waals surface area contributed by atoms with Gasteiger partial charge in [0.05, 0.1) is 23.3 Å². The molecule has 2 aliphatic rings. The van der Waals surface area contributed by atoms with Crippen LogP contribution in [-0.2, 0) is 4.74 Å². The van der Waals surface area contributed by atoms with E-state index in [0.717, 1.165) is 12.8 Å². The number of nitrogens with zero attached hydrogens (tertiary/aromatic N) is 2. The lowest BCUT2D eigenvalue weighted by molar-refractivity contribution is -0.00138. The number of hydrogen-bond acceptors (Lipinski definition) is 3. The van der Waals surface area contributed by atoms with Gasteiger partial charge in [-0.1, -0.05) is 30.9 Å². The van der Waals surface area contributed by atoms with E-state index in [1.54, 1.807) is 23.1 Å². The van der Waals surface area contributed by atoms with Crippen molar-refractivity contribution in [3.63, 3.8) is 0 Å². The molecule has 1 saturated carbocycles. The first-order chi connectivity index (χ1) is 13.0. The fourth-order valence-corrected chi connectivity index (χ4v) is 4.06. The lowest BCUT2D eigenvalue weighted by Crippen LogP contribution is -2.46. The summed E-state index contributed by atoms with van der Waals surface area (Å²) < 4.78 is 5.46. The van der Waals surface area contributed by atoms with Crippen LogP contribution in [0.1, 0.15) is 49.4 Å². The van der Waals surface area contributed by atoms with Gasteiger partial charge in [0, 0.05) is 31.9 Å². The van der Waals surface area contributed by atoms with E-state index in [2.05, 4.69) is 5.32 Å². The molecule has 27 heavy (non-hydrogen) atoms. The van der Waals surface area contributed by atoms with Gasteiger partial charge >= 0.3 is 6.03 Å². The molecule has 2 fully saturated rings. The van der Waals surface area contributed by atoms with Gasteiger partial charge in [-0.15, -0.1) is 0 Å². The summed E-state index contributed by atoms with van der Waals surface area (Å²) in [4.78, 5) is 28.7. The fourth-order valence-electron chi connectivity index (χ4n) is 3.80. The Hall–Kier alpha value is -1.79. The molecule has 0 bridgehead atoms. The van der Waals surface area contributed by atoms with Gasteiger partial charge in [0.1, 0.15) is 0 Å². The second-order valence-electron chi connectivity index (χ2n) is 7.46. The van der Waals surface area contributed by atoms with Crippen LogP contribution in [0.15, 0.2) is 18.2 Å². The fraction of sp³-hybridized carbons (Fsp3) is 0.600. The van der Waals surface area contributed by atoms with Gasteiger partial charge in [0.25, 0.3) is 5.91 Å². The third-order valence-electron chi connectivity index (χ3n) is 5.42. The first-order valence-electron chi connectivity index (χ1n) is 9.70. The molecule has 3 rings (SSSR count). The SMILES string of the molecule is CC1CN(C(=O)Nc2ccc(C(=O)N(C)C3CCCCC3)c(Cl)c2)CCO1. The minimum Gasteiger partial charge on any atom is -0.375 e. The molecule has 0 spiro atoms. The molecule has 3 amide bonds. The highest BCUT2D eigenvalue weighted by molar-refractivity contribution is 6.34. The molecule has 1 aromatic rings. The second kappa shape index (κ2) is 8.93. The minimum atomic E-state index is -0.181. The van der Waals surface area contributed by atoms with Gasteiger partial charge < -0.3 is 19.9 Å². The van der Waals surface area contributed by atoms with Crippen LogP contribution in [0, 0.1) is 0 Å². The van der Waals surface area contributed by atoms with Crippen LogP contribution in [0.4, 0.5) is 10.5 Å². The standard InChI is InChI=1S/C20H28ClN3O3/c1-14-13-24(10-11-27-14)20(26)22-15-8-9-17(18(21)12-15)19(25)23(2)16-6-4-3-5-7-16/h8-9,12,14,16H,3-7,10-11,13H2,1-2H3,(H,22,26). The average Bonchev–Trinajstić information content (AvgIpc) is 2.67. The van der Waals surface area contributed by atoms with E-state index in [1.165, 1.54) is 19.3 Å². The highest BCUT2D eigenvalue weighted by Crippen LogP contribution is 2.26. The predicted octanol–water partition coefficient (Wildman–Crippen LogP) is 4.00. The van der Waals surface area contributed by atoms with E-state index < -0.39 is 0 Å². The number of ether oxygens (including phenoxy) is 1. The van der Waals surface area contributed by atoms with E-state index in [9.17, 15) is 9.59 Å². The number of morpholine rings is 1. The summed E-state index contributed by atoms with van der Waals surface area (Å²) in [6.07, 6.45) is 5.71. The zero-order chi connectivity index (χ0) is 19.4. The van der Waals surface area contributed by atoms with Crippen molar-refractivity contribution in [3.8, 4) is 0 Å². The minimum absolute atomic E-state index is 0.0309. The summed E-state index contributed by atoms with van der Waals surface area (Å²) in [6.45, 7) is 3.60. The molecule has 0 aromatic heterocycles. The van der Waals surface area contributed by atoms with Crippen LogP contribution >= 0.6 is 11.6 Å². The molecule has 1 aromatic carbocycles. The smallest absolute Gasteiger partial charge is 0.322 e.